The van der Waals surface area contributed by atoms with E-state index >= 15 is 0 Å². The molecule has 0 N–H and O–H groups in total. The molecule has 228 valence electrons. The largest absolute Gasteiger partial charge is 0.0683 e. The van der Waals surface area contributed by atoms with Gasteiger partial charge in [-0.3, -0.25) is 0 Å². The first-order chi connectivity index (χ1) is 16.7. The molecule has 0 aliphatic carbocycles. The van der Waals surface area contributed by atoms with E-state index in [1.165, 1.54) is 64.2 Å². The summed E-state index contributed by atoms with van der Waals surface area (Å²) in [4.78, 5) is 0. The standard InChI is InChI=1S/2C5H12.2C4H10.8C2H6/c2*1-3-5-4-2;2*1-3-4-2;8*1-2/h2*3-5H2,1-2H3;2*3-4H2,1-2H3;8*1-2H3. The molecule has 0 unspecified atom stereocenters. The molecule has 0 bridgehead atoms. The molecule has 0 saturated heterocycles. The van der Waals surface area contributed by atoms with Gasteiger partial charge in [0.2, 0.25) is 0 Å². The number of hydrogen-bond donors (Lipinski definition) is 0. The topological polar surface area (TPSA) is 0 Å². The molecule has 0 saturated carbocycles. The molecule has 0 aliphatic heterocycles. The van der Waals surface area contributed by atoms with Crippen molar-refractivity contribution < 1.29 is 0 Å². The van der Waals surface area contributed by atoms with Crippen molar-refractivity contribution in [3.63, 3.8) is 0 Å². The fourth-order valence-electron chi connectivity index (χ4n) is 0.707. The second-order valence-corrected chi connectivity index (χ2v) is 4.71. The van der Waals surface area contributed by atoms with Gasteiger partial charge in [0.05, 0.1) is 0 Å². The average molecular weight is 501 g/mol. The first kappa shape index (κ1) is 76.5. The lowest BCUT2D eigenvalue weighted by molar-refractivity contribution is 0.772. The highest BCUT2D eigenvalue weighted by atomic mass is 13.8. The second-order valence-electron chi connectivity index (χ2n) is 4.71. The number of unbranched alkanes of at least 4 members (excludes halogenated alkanes) is 6. The van der Waals surface area contributed by atoms with Crippen LogP contribution in [0, 0.1) is 0 Å². The lowest BCUT2D eigenvalue weighted by atomic mass is 10.3. The lowest BCUT2D eigenvalue weighted by Gasteiger charge is -1.79. The normalized spacial score (nSPS) is 5.65. The summed E-state index contributed by atoms with van der Waals surface area (Å²) >= 11 is 0. The van der Waals surface area contributed by atoms with Crippen molar-refractivity contribution in [2.45, 2.75) is 230 Å². The summed E-state index contributed by atoms with van der Waals surface area (Å²) < 4.78 is 0. The van der Waals surface area contributed by atoms with Crippen molar-refractivity contribution in [3.8, 4) is 0 Å². The Labute approximate surface area is 230 Å². The van der Waals surface area contributed by atoms with Gasteiger partial charge in [-0.05, 0) is 0 Å². The van der Waals surface area contributed by atoms with Crippen LogP contribution in [0.4, 0.5) is 0 Å². The molecule has 0 rings (SSSR count). The third-order valence-electron chi connectivity index (χ3n) is 2.41. The van der Waals surface area contributed by atoms with Gasteiger partial charge in [0.1, 0.15) is 0 Å². The SMILES string of the molecule is CC.CC.CC.CC.CC.CC.CC.CC.CCCC.CCCC.CCCCC.CCCCC. The van der Waals surface area contributed by atoms with Crippen LogP contribution in [-0.2, 0) is 0 Å². The Hall–Kier alpha value is 0. The Kier molecular flexibility index (Phi) is 760. The molecule has 34 heavy (non-hydrogen) atoms. The van der Waals surface area contributed by atoms with E-state index < -0.39 is 0 Å². The van der Waals surface area contributed by atoms with E-state index in [4.69, 9.17) is 0 Å². The quantitative estimate of drug-likeness (QED) is 0.340. The molecule has 0 spiro atoms. The third kappa shape index (κ3) is 854. The van der Waals surface area contributed by atoms with E-state index in [2.05, 4.69) is 55.4 Å². The predicted molar refractivity (Wildman–Crippen MR) is 182 cm³/mol. The van der Waals surface area contributed by atoms with Gasteiger partial charge in [-0.1, -0.05) is 230 Å². The van der Waals surface area contributed by atoms with Crippen molar-refractivity contribution in [2.75, 3.05) is 0 Å². The minimum absolute atomic E-state index is 1.32. The van der Waals surface area contributed by atoms with E-state index in [-0.39, 0.29) is 0 Å². The Morgan fingerprint density at radius 1 is 0.176 bits per heavy atom. The average Bonchev–Trinajstić information content (AvgIpc) is 2.99. The highest BCUT2D eigenvalue weighted by Crippen LogP contribution is 1.88. The molecule has 0 aliphatic rings. The van der Waals surface area contributed by atoms with Crippen LogP contribution in [0.5, 0.6) is 0 Å². The van der Waals surface area contributed by atoms with Crippen LogP contribution in [0.2, 0.25) is 0 Å². The van der Waals surface area contributed by atoms with E-state index in [1.54, 1.807) is 0 Å². The Morgan fingerprint density at radius 2 is 0.265 bits per heavy atom. The van der Waals surface area contributed by atoms with Gasteiger partial charge < -0.3 is 0 Å². The van der Waals surface area contributed by atoms with Crippen LogP contribution in [-0.4, -0.2) is 0 Å². The van der Waals surface area contributed by atoms with Crippen LogP contribution in [0.25, 0.3) is 0 Å². The summed E-state index contributed by atoms with van der Waals surface area (Å²) in [6, 6.07) is 0. The summed E-state index contributed by atoms with van der Waals surface area (Å²) in [6.45, 7) is 49.6. The summed E-state index contributed by atoms with van der Waals surface area (Å²) in [7, 11) is 0. The van der Waals surface area contributed by atoms with Crippen LogP contribution in [0.3, 0.4) is 0 Å². The minimum Gasteiger partial charge on any atom is -0.0683 e. The fourth-order valence-corrected chi connectivity index (χ4v) is 0.707. The van der Waals surface area contributed by atoms with Gasteiger partial charge in [0.25, 0.3) is 0 Å². The van der Waals surface area contributed by atoms with Crippen LogP contribution >= 0.6 is 0 Å². The highest BCUT2D eigenvalue weighted by Gasteiger charge is 1.68. The first-order valence-electron chi connectivity index (χ1n) is 16.7. The van der Waals surface area contributed by atoms with E-state index in [0.717, 1.165) is 0 Å². The lowest BCUT2D eigenvalue weighted by Crippen LogP contribution is -1.59. The number of hydrogen-bond acceptors (Lipinski definition) is 0. The molecule has 0 atom stereocenters. The molecule has 0 amide bonds. The maximum atomic E-state index is 2.21. The molecule has 0 heteroatoms. The Bertz CT molecular complexity index is 48.4. The Morgan fingerprint density at radius 3 is 0.265 bits per heavy atom. The maximum Gasteiger partial charge on any atom is -0.0538 e. The van der Waals surface area contributed by atoms with Gasteiger partial charge in [-0.15, -0.1) is 0 Å². The maximum absolute atomic E-state index is 2.21. The molecule has 0 nitrogen and oxygen atoms in total. The van der Waals surface area contributed by atoms with Gasteiger partial charge in [0, 0.05) is 0 Å². The van der Waals surface area contributed by atoms with Gasteiger partial charge >= 0.3 is 0 Å². The highest BCUT2D eigenvalue weighted by molar-refractivity contribution is 4.24. The monoisotopic (exact) mass is 501 g/mol. The van der Waals surface area contributed by atoms with Crippen LogP contribution < -0.4 is 0 Å². The predicted octanol–water partition coefficient (Wildman–Crippen LogP) is 16.2. The van der Waals surface area contributed by atoms with E-state index in [0.29, 0.717) is 0 Å². The molecular formula is C34H92. The van der Waals surface area contributed by atoms with E-state index in [1.807, 2.05) is 111 Å². The van der Waals surface area contributed by atoms with Gasteiger partial charge in [-0.25, -0.2) is 0 Å². The molecule has 0 aromatic rings. The number of rotatable bonds is 6. The van der Waals surface area contributed by atoms with Crippen molar-refractivity contribution in [3.05, 3.63) is 0 Å². The molecule has 0 aromatic heterocycles. The summed E-state index contributed by atoms with van der Waals surface area (Å²) in [5.41, 5.74) is 0. The minimum atomic E-state index is 1.32. The molecule has 0 heterocycles. The third-order valence-corrected chi connectivity index (χ3v) is 2.41. The summed E-state index contributed by atoms with van der Waals surface area (Å²) in [5.74, 6) is 0. The molecule has 0 radical (unpaired) electrons. The summed E-state index contributed by atoms with van der Waals surface area (Å²) in [5, 5.41) is 0. The molecule has 0 aromatic carbocycles. The van der Waals surface area contributed by atoms with Crippen molar-refractivity contribution in [1.29, 1.82) is 0 Å². The van der Waals surface area contributed by atoms with Gasteiger partial charge in [-0.2, -0.15) is 0 Å². The van der Waals surface area contributed by atoms with Crippen molar-refractivity contribution in [2.24, 2.45) is 0 Å². The van der Waals surface area contributed by atoms with Crippen LogP contribution in [0.1, 0.15) is 230 Å². The Balaban J connectivity index is -0.0000000160. The van der Waals surface area contributed by atoms with E-state index in [9.17, 15) is 0 Å². The first-order valence-corrected chi connectivity index (χ1v) is 16.7. The van der Waals surface area contributed by atoms with Crippen LogP contribution in [0.15, 0.2) is 0 Å². The zero-order chi connectivity index (χ0) is 31.1. The van der Waals surface area contributed by atoms with Gasteiger partial charge in [0.15, 0.2) is 0 Å². The molecule has 0 fully saturated rings. The molecular weight excluding hydrogens is 408 g/mol. The zero-order valence-electron chi connectivity index (χ0n) is 31.1. The smallest absolute Gasteiger partial charge is 0.0538 e. The van der Waals surface area contributed by atoms with Crippen molar-refractivity contribution >= 4 is 0 Å². The zero-order valence-corrected chi connectivity index (χ0v) is 31.1. The fraction of sp³-hybridized carbons (Fsp3) is 1.00. The second kappa shape index (κ2) is 338. The summed E-state index contributed by atoms with van der Waals surface area (Å²) in [6.07, 6.45) is 13.4. The van der Waals surface area contributed by atoms with Crippen molar-refractivity contribution in [1.82, 2.24) is 0 Å².